The minimum atomic E-state index is -0.321. The summed E-state index contributed by atoms with van der Waals surface area (Å²) >= 11 is 0. The normalized spacial score (nSPS) is 15.6. The Hall–Kier alpha value is -2.58. The van der Waals surface area contributed by atoms with Gasteiger partial charge in [-0.1, -0.05) is 6.92 Å². The average Bonchev–Trinajstić information content (AvgIpc) is 2.75. The second-order valence-electron chi connectivity index (χ2n) is 8.06. The van der Waals surface area contributed by atoms with Gasteiger partial charge in [0, 0.05) is 49.7 Å². The Morgan fingerprint density at radius 3 is 2.77 bits per heavy atom. The van der Waals surface area contributed by atoms with Crippen molar-refractivity contribution in [2.24, 2.45) is 0 Å². The van der Waals surface area contributed by atoms with Gasteiger partial charge in [-0.2, -0.15) is 0 Å². The minimum Gasteiger partial charge on any atom is -0.381 e. The molecule has 168 valence electrons. The predicted molar refractivity (Wildman–Crippen MR) is 121 cm³/mol. The largest absolute Gasteiger partial charge is 0.381 e. The first kappa shape index (κ1) is 23.1. The molecule has 1 aliphatic rings. The van der Waals surface area contributed by atoms with Crippen molar-refractivity contribution in [3.8, 4) is 0 Å². The topological polar surface area (TPSA) is 99.1 Å². The molecule has 2 aromatic rings. The van der Waals surface area contributed by atoms with Crippen LogP contribution in [-0.2, 0) is 9.53 Å². The molecule has 1 aliphatic heterocycles. The number of fused-ring (bicyclic) bond motifs is 1. The zero-order valence-corrected chi connectivity index (χ0v) is 18.5. The van der Waals surface area contributed by atoms with Gasteiger partial charge in [0.15, 0.2) is 0 Å². The van der Waals surface area contributed by atoms with Crippen LogP contribution in [0.1, 0.15) is 50.7 Å². The van der Waals surface area contributed by atoms with Crippen LogP contribution in [0.5, 0.6) is 0 Å². The van der Waals surface area contributed by atoms with Crippen LogP contribution in [0.25, 0.3) is 10.9 Å². The van der Waals surface area contributed by atoms with E-state index in [9.17, 15) is 9.18 Å². The van der Waals surface area contributed by atoms with Gasteiger partial charge in [0.1, 0.15) is 17.5 Å². The summed E-state index contributed by atoms with van der Waals surface area (Å²) in [6.45, 7) is 7.47. The van der Waals surface area contributed by atoms with Crippen molar-refractivity contribution in [1.82, 2.24) is 15.6 Å². The highest BCUT2D eigenvalue weighted by molar-refractivity contribution is 6.10. The molecular formula is C23H32FN5O2. The van der Waals surface area contributed by atoms with Crippen molar-refractivity contribution in [2.45, 2.75) is 58.5 Å². The van der Waals surface area contributed by atoms with E-state index in [0.717, 1.165) is 44.3 Å². The lowest BCUT2D eigenvalue weighted by Gasteiger charge is -2.28. The van der Waals surface area contributed by atoms with Crippen LogP contribution in [0.2, 0.25) is 0 Å². The van der Waals surface area contributed by atoms with E-state index in [4.69, 9.17) is 10.1 Å². The van der Waals surface area contributed by atoms with Crippen LogP contribution in [0.3, 0.4) is 0 Å². The third-order valence-electron chi connectivity index (χ3n) is 5.72. The SMILES string of the molecule is CCC(CCNc1nc2c(C)c(F)ccc2cc1C(=N)NC(C)=O)NC1CCOCC1. The number of nitrogens with zero attached hydrogens (tertiary/aromatic N) is 1. The van der Waals surface area contributed by atoms with Gasteiger partial charge < -0.3 is 20.7 Å². The van der Waals surface area contributed by atoms with Gasteiger partial charge >= 0.3 is 0 Å². The molecule has 1 atom stereocenters. The number of amidine groups is 1. The number of aryl methyl sites for hydroxylation is 1. The molecule has 31 heavy (non-hydrogen) atoms. The summed E-state index contributed by atoms with van der Waals surface area (Å²) in [5.41, 5.74) is 1.50. The maximum absolute atomic E-state index is 14.1. The fraction of sp³-hybridized carbons (Fsp3) is 0.522. The van der Waals surface area contributed by atoms with E-state index in [-0.39, 0.29) is 17.6 Å². The van der Waals surface area contributed by atoms with E-state index in [2.05, 4.69) is 27.9 Å². The number of amides is 1. The Morgan fingerprint density at radius 1 is 1.35 bits per heavy atom. The maximum atomic E-state index is 14.1. The molecule has 1 aromatic heterocycles. The fourth-order valence-corrected chi connectivity index (χ4v) is 3.89. The number of carbonyl (C=O) groups excluding carboxylic acids is 1. The molecule has 4 N–H and O–H groups in total. The summed E-state index contributed by atoms with van der Waals surface area (Å²) in [5, 5.41) is 18.6. The number of anilines is 1. The predicted octanol–water partition coefficient (Wildman–Crippen LogP) is 3.49. The summed E-state index contributed by atoms with van der Waals surface area (Å²) in [7, 11) is 0. The molecule has 1 amide bonds. The van der Waals surface area contributed by atoms with Gasteiger partial charge in [-0.3, -0.25) is 10.2 Å². The van der Waals surface area contributed by atoms with E-state index in [0.29, 0.717) is 41.1 Å². The van der Waals surface area contributed by atoms with Gasteiger partial charge in [-0.15, -0.1) is 0 Å². The van der Waals surface area contributed by atoms with Gasteiger partial charge in [-0.05, 0) is 50.8 Å². The Labute approximate surface area is 182 Å². The Bertz CT molecular complexity index is 943. The highest BCUT2D eigenvalue weighted by atomic mass is 19.1. The molecule has 8 heteroatoms. The summed E-state index contributed by atoms with van der Waals surface area (Å²) in [5.74, 6) is -0.194. The number of carbonyl (C=O) groups is 1. The number of aromatic nitrogens is 1. The summed E-state index contributed by atoms with van der Waals surface area (Å²) < 4.78 is 19.5. The molecule has 0 bridgehead atoms. The average molecular weight is 430 g/mol. The van der Waals surface area contributed by atoms with E-state index in [1.165, 1.54) is 13.0 Å². The third kappa shape index (κ3) is 5.98. The minimum absolute atomic E-state index is 0.0289. The standard InChI is InChI=1S/C23H32FN5O2/c1-4-17(28-18-8-11-31-12-9-18)7-10-26-23-19(22(25)27-15(3)30)13-16-5-6-20(24)14(2)21(16)29-23/h5-6,13,17-18,28H,4,7-12H2,1-3H3,(H,26,29)(H2,25,27,30). The van der Waals surface area contributed by atoms with Gasteiger partial charge in [0.25, 0.3) is 0 Å². The molecule has 2 heterocycles. The number of ether oxygens (including phenoxy) is 1. The Morgan fingerprint density at radius 2 is 2.10 bits per heavy atom. The zero-order valence-electron chi connectivity index (χ0n) is 18.5. The van der Waals surface area contributed by atoms with Crippen molar-refractivity contribution in [1.29, 1.82) is 5.41 Å². The molecule has 3 rings (SSSR count). The molecule has 0 aliphatic carbocycles. The summed E-state index contributed by atoms with van der Waals surface area (Å²) in [6.07, 6.45) is 3.93. The molecular weight excluding hydrogens is 397 g/mol. The smallest absolute Gasteiger partial charge is 0.222 e. The van der Waals surface area contributed by atoms with E-state index in [1.54, 1.807) is 19.1 Å². The zero-order chi connectivity index (χ0) is 22.4. The number of benzene rings is 1. The second-order valence-corrected chi connectivity index (χ2v) is 8.06. The summed E-state index contributed by atoms with van der Waals surface area (Å²) in [4.78, 5) is 16.1. The van der Waals surface area contributed by atoms with Gasteiger partial charge in [0.05, 0.1) is 11.1 Å². The third-order valence-corrected chi connectivity index (χ3v) is 5.72. The molecule has 0 saturated carbocycles. The van der Waals surface area contributed by atoms with Gasteiger partial charge in [-0.25, -0.2) is 9.37 Å². The van der Waals surface area contributed by atoms with Crippen molar-refractivity contribution in [3.63, 3.8) is 0 Å². The number of hydrogen-bond donors (Lipinski definition) is 4. The number of pyridine rings is 1. The number of hydrogen-bond acceptors (Lipinski definition) is 6. The van der Waals surface area contributed by atoms with Gasteiger partial charge in [0.2, 0.25) is 5.91 Å². The quantitative estimate of drug-likeness (QED) is 0.380. The monoisotopic (exact) mass is 429 g/mol. The number of nitrogens with one attached hydrogen (secondary N) is 4. The van der Waals surface area contributed by atoms with Crippen LogP contribution in [0.15, 0.2) is 18.2 Å². The Kier molecular flexibility index (Phi) is 7.92. The van der Waals surface area contributed by atoms with Crippen LogP contribution in [0, 0.1) is 18.2 Å². The van der Waals surface area contributed by atoms with Crippen LogP contribution in [0.4, 0.5) is 10.2 Å². The highest BCUT2D eigenvalue weighted by Crippen LogP contribution is 2.25. The van der Waals surface area contributed by atoms with Crippen LogP contribution >= 0.6 is 0 Å². The lowest BCUT2D eigenvalue weighted by Crippen LogP contribution is -2.42. The van der Waals surface area contributed by atoms with Crippen molar-refractivity contribution >= 4 is 28.5 Å². The van der Waals surface area contributed by atoms with Crippen molar-refractivity contribution < 1.29 is 13.9 Å². The maximum Gasteiger partial charge on any atom is 0.222 e. The van der Waals surface area contributed by atoms with Crippen molar-refractivity contribution in [2.75, 3.05) is 25.1 Å². The van der Waals surface area contributed by atoms with Crippen LogP contribution < -0.4 is 16.0 Å². The number of halogens is 1. The van der Waals surface area contributed by atoms with E-state index >= 15 is 0 Å². The first-order chi connectivity index (χ1) is 14.9. The molecule has 1 fully saturated rings. The van der Waals surface area contributed by atoms with E-state index < -0.39 is 0 Å². The first-order valence-corrected chi connectivity index (χ1v) is 10.9. The number of rotatable bonds is 8. The van der Waals surface area contributed by atoms with Crippen LogP contribution in [-0.4, -0.2) is 48.6 Å². The first-order valence-electron chi connectivity index (χ1n) is 10.9. The van der Waals surface area contributed by atoms with Crippen molar-refractivity contribution in [3.05, 3.63) is 35.1 Å². The molecule has 1 unspecified atom stereocenters. The lowest BCUT2D eigenvalue weighted by atomic mass is 10.0. The lowest BCUT2D eigenvalue weighted by molar-refractivity contribution is -0.117. The molecule has 1 aromatic carbocycles. The Balaban J connectivity index is 1.77. The molecule has 0 spiro atoms. The highest BCUT2D eigenvalue weighted by Gasteiger charge is 2.18. The molecule has 7 nitrogen and oxygen atoms in total. The molecule has 0 radical (unpaired) electrons. The fourth-order valence-electron chi connectivity index (χ4n) is 3.89. The second kappa shape index (κ2) is 10.6. The molecule has 1 saturated heterocycles. The van der Waals surface area contributed by atoms with E-state index in [1.807, 2.05) is 0 Å². The summed E-state index contributed by atoms with van der Waals surface area (Å²) in [6, 6.07) is 5.64.